The van der Waals surface area contributed by atoms with Crippen LogP contribution in [0.4, 0.5) is 13.2 Å². The molecule has 8 nitrogen and oxygen atoms in total. The first kappa shape index (κ1) is 21.7. The Bertz CT molecular complexity index is 584. The number of amides is 1. The van der Waals surface area contributed by atoms with E-state index in [1.54, 1.807) is 0 Å². The molecule has 1 amide bonds. The van der Waals surface area contributed by atoms with Crippen molar-refractivity contribution in [2.24, 2.45) is 16.5 Å². The van der Waals surface area contributed by atoms with Gasteiger partial charge in [0, 0.05) is 12.0 Å². The van der Waals surface area contributed by atoms with Gasteiger partial charge in [0.2, 0.25) is 0 Å². The Kier molecular flexibility index (Phi) is 7.42. The van der Waals surface area contributed by atoms with Gasteiger partial charge in [0.25, 0.3) is 0 Å². The number of carbonyl (C=O) groups excluding carboxylic acids is 1. The number of alkyl halides is 3. The first-order valence-corrected chi connectivity index (χ1v) is 8.05. The van der Waals surface area contributed by atoms with Crippen molar-refractivity contribution in [2.75, 3.05) is 0 Å². The average Bonchev–Trinajstić information content (AvgIpc) is 2.52. The van der Waals surface area contributed by atoms with Crippen LogP contribution in [-0.4, -0.2) is 53.4 Å². The number of guanidine groups is 1. The first-order chi connectivity index (χ1) is 12.0. The van der Waals surface area contributed by atoms with E-state index in [2.05, 4.69) is 4.99 Å². The fraction of sp³-hybridized carbons (Fsp3) is 0.667. The predicted molar refractivity (Wildman–Crippen MR) is 87.2 cm³/mol. The molecule has 0 bridgehead atoms. The van der Waals surface area contributed by atoms with E-state index < -0.39 is 42.2 Å². The molecule has 0 aromatic heterocycles. The van der Waals surface area contributed by atoms with Gasteiger partial charge in [0.1, 0.15) is 0 Å². The number of rotatable bonds is 7. The van der Waals surface area contributed by atoms with Gasteiger partial charge >= 0.3 is 18.1 Å². The lowest BCUT2D eigenvalue weighted by atomic mass is 9.88. The van der Waals surface area contributed by atoms with Gasteiger partial charge in [-0.15, -0.1) is 0 Å². The van der Waals surface area contributed by atoms with Crippen molar-refractivity contribution in [3.05, 3.63) is 11.6 Å². The summed E-state index contributed by atoms with van der Waals surface area (Å²) in [4.78, 5) is 26.6. The monoisotopic (exact) mass is 380 g/mol. The summed E-state index contributed by atoms with van der Waals surface area (Å²) in [5.74, 6) is -3.88. The van der Waals surface area contributed by atoms with Crippen molar-refractivity contribution in [3.8, 4) is 0 Å². The number of nitrogens with one attached hydrogen (secondary N) is 1. The number of aliphatic imine (C=N–C) groups is 1. The number of aliphatic carboxylic acids is 1. The molecule has 0 heterocycles. The molecule has 0 fully saturated rings. The number of hydrogen-bond acceptors (Lipinski definition) is 4. The van der Waals surface area contributed by atoms with Gasteiger partial charge < -0.3 is 26.6 Å². The molecule has 0 aromatic carbocycles. The average molecular weight is 380 g/mol. The van der Waals surface area contributed by atoms with Gasteiger partial charge in [-0.1, -0.05) is 13.8 Å². The van der Waals surface area contributed by atoms with Crippen LogP contribution in [0, 0.1) is 0 Å². The van der Waals surface area contributed by atoms with Crippen LogP contribution in [0.25, 0.3) is 0 Å². The van der Waals surface area contributed by atoms with Crippen molar-refractivity contribution in [2.45, 2.75) is 63.6 Å². The van der Waals surface area contributed by atoms with Gasteiger partial charge in [0.15, 0.2) is 5.96 Å². The highest BCUT2D eigenvalue weighted by Gasteiger charge is 2.44. The number of carboxylic acids is 1. The number of ether oxygens (including phenoxy) is 1. The molecule has 1 rings (SSSR count). The maximum Gasteiger partial charge on any atom is 0.471 e. The van der Waals surface area contributed by atoms with Crippen molar-refractivity contribution in [1.82, 2.24) is 5.32 Å². The second-order valence-corrected chi connectivity index (χ2v) is 5.86. The smallest absolute Gasteiger partial charge is 0.471 e. The minimum absolute atomic E-state index is 0.103. The van der Waals surface area contributed by atoms with E-state index in [-0.39, 0.29) is 18.1 Å². The summed E-state index contributed by atoms with van der Waals surface area (Å²) in [6.07, 6.45) is -4.53. The van der Waals surface area contributed by atoms with Crippen molar-refractivity contribution in [3.63, 3.8) is 0 Å². The molecule has 1 aliphatic carbocycles. The van der Waals surface area contributed by atoms with Crippen LogP contribution in [-0.2, 0) is 14.3 Å². The molecule has 26 heavy (non-hydrogen) atoms. The van der Waals surface area contributed by atoms with E-state index >= 15 is 0 Å². The zero-order valence-electron chi connectivity index (χ0n) is 14.4. The first-order valence-electron chi connectivity index (χ1n) is 8.05. The predicted octanol–water partition coefficient (Wildman–Crippen LogP) is 0.664. The third kappa shape index (κ3) is 5.90. The van der Waals surface area contributed by atoms with Crippen LogP contribution < -0.4 is 16.8 Å². The fourth-order valence-corrected chi connectivity index (χ4v) is 2.66. The molecule has 0 aromatic rings. The Hall–Kier alpha value is -2.30. The highest BCUT2D eigenvalue weighted by Crippen LogP contribution is 2.27. The zero-order chi connectivity index (χ0) is 20.1. The lowest BCUT2D eigenvalue weighted by Crippen LogP contribution is -2.56. The van der Waals surface area contributed by atoms with Crippen molar-refractivity contribution in [1.29, 1.82) is 0 Å². The number of nitrogens with two attached hydrogens (primary N) is 2. The summed E-state index contributed by atoms with van der Waals surface area (Å²) < 4.78 is 43.8. The summed E-state index contributed by atoms with van der Waals surface area (Å²) in [6, 6.07) is -2.38. The molecule has 11 heteroatoms. The number of hydrogen-bond donors (Lipinski definition) is 4. The highest BCUT2D eigenvalue weighted by molar-refractivity contribution is 5.88. The van der Waals surface area contributed by atoms with Gasteiger partial charge in [0.05, 0.1) is 24.3 Å². The molecule has 0 radical (unpaired) electrons. The second-order valence-electron chi connectivity index (χ2n) is 5.86. The van der Waals surface area contributed by atoms with Crippen LogP contribution in [0.5, 0.6) is 0 Å². The lowest BCUT2D eigenvalue weighted by Gasteiger charge is -2.36. The summed E-state index contributed by atoms with van der Waals surface area (Å²) in [5, 5.41) is 11.1. The highest BCUT2D eigenvalue weighted by atomic mass is 19.4. The maximum atomic E-state index is 12.7. The Labute approximate surface area is 148 Å². The van der Waals surface area contributed by atoms with E-state index in [9.17, 15) is 27.9 Å². The van der Waals surface area contributed by atoms with Gasteiger partial charge in [-0.2, -0.15) is 13.2 Å². The Morgan fingerprint density at radius 3 is 2.38 bits per heavy atom. The van der Waals surface area contributed by atoms with Gasteiger partial charge in [-0.25, -0.2) is 9.79 Å². The summed E-state index contributed by atoms with van der Waals surface area (Å²) in [6.45, 7) is 3.63. The molecule has 1 aliphatic rings. The van der Waals surface area contributed by atoms with Crippen molar-refractivity contribution < 1.29 is 32.6 Å². The second kappa shape index (κ2) is 8.88. The molecule has 6 N–H and O–H groups in total. The van der Waals surface area contributed by atoms with E-state index in [0.717, 1.165) is 0 Å². The molecular weight excluding hydrogens is 357 g/mol. The lowest BCUT2D eigenvalue weighted by molar-refractivity contribution is -0.175. The van der Waals surface area contributed by atoms with E-state index in [1.807, 2.05) is 19.2 Å². The largest absolute Gasteiger partial charge is 0.478 e. The quantitative estimate of drug-likeness (QED) is 0.378. The van der Waals surface area contributed by atoms with Crippen LogP contribution in [0.2, 0.25) is 0 Å². The van der Waals surface area contributed by atoms with Crippen LogP contribution in [0.3, 0.4) is 0 Å². The van der Waals surface area contributed by atoms with Crippen LogP contribution >= 0.6 is 0 Å². The topological polar surface area (TPSA) is 140 Å². The Balaban J connectivity index is 3.28. The normalized spacial score (nSPS) is 23.3. The maximum absolute atomic E-state index is 12.7. The minimum Gasteiger partial charge on any atom is -0.478 e. The molecule has 148 valence electrons. The fourth-order valence-electron chi connectivity index (χ4n) is 2.66. The van der Waals surface area contributed by atoms with Gasteiger partial charge in [-0.05, 0) is 18.9 Å². The van der Waals surface area contributed by atoms with E-state index in [0.29, 0.717) is 12.8 Å². The number of nitrogens with zero attached hydrogens (tertiary/aromatic N) is 1. The molecule has 3 unspecified atom stereocenters. The third-order valence-electron chi connectivity index (χ3n) is 3.97. The number of carboxylic acid groups (broad SMARTS) is 1. The standard InChI is InChI=1S/C15H23F3N4O4/c1-3-8(4-2)26-10-6-7(12(23)24)5-9(21-14(19)20)11(10)22-13(25)15(16,17)18/h6,8-11H,3-5H2,1-2H3,(H,22,25)(H,23,24)(H4,19,20,21). The SMILES string of the molecule is CCC(CC)OC1C=C(C(=O)O)CC(N=C(N)N)C1NC(=O)C(F)(F)F. The van der Waals surface area contributed by atoms with Gasteiger partial charge in [-0.3, -0.25) is 4.79 Å². The molecular formula is C15H23F3N4O4. The molecule has 0 aliphatic heterocycles. The van der Waals surface area contributed by atoms with Crippen molar-refractivity contribution >= 4 is 17.8 Å². The third-order valence-corrected chi connectivity index (χ3v) is 3.97. The molecule has 3 atom stereocenters. The molecule has 0 saturated carbocycles. The van der Waals surface area contributed by atoms with E-state index in [1.165, 1.54) is 6.08 Å². The summed E-state index contributed by atoms with van der Waals surface area (Å²) >= 11 is 0. The van der Waals surface area contributed by atoms with E-state index in [4.69, 9.17) is 16.2 Å². The minimum atomic E-state index is -5.11. The summed E-state index contributed by atoms with van der Waals surface area (Å²) in [7, 11) is 0. The molecule has 0 saturated heterocycles. The number of carbonyl (C=O) groups is 2. The Morgan fingerprint density at radius 1 is 1.38 bits per heavy atom. The summed E-state index contributed by atoms with van der Waals surface area (Å²) in [5.41, 5.74) is 10.5. The Morgan fingerprint density at radius 2 is 1.96 bits per heavy atom. The zero-order valence-corrected chi connectivity index (χ0v) is 14.4. The number of halogens is 3. The molecule has 0 spiro atoms. The van der Waals surface area contributed by atoms with Crippen LogP contribution in [0.1, 0.15) is 33.1 Å². The van der Waals surface area contributed by atoms with Crippen LogP contribution in [0.15, 0.2) is 16.6 Å².